The molecule has 0 aliphatic heterocycles. The molecule has 0 aliphatic rings. The summed E-state index contributed by atoms with van der Waals surface area (Å²) in [6.45, 7) is 0. The van der Waals surface area contributed by atoms with Crippen molar-refractivity contribution in [3.05, 3.63) is 158 Å². The Morgan fingerprint density at radius 1 is 0.255 bits per heavy atom. The Morgan fingerprint density at radius 2 is 0.608 bits per heavy atom. The van der Waals surface area contributed by atoms with Gasteiger partial charge in [-0.15, -0.1) is 10.2 Å². The Kier molecular flexibility index (Phi) is 5.89. The van der Waals surface area contributed by atoms with Gasteiger partial charge in [-0.2, -0.15) is 0 Å². The monoisotopic (exact) mass is 654 g/mol. The van der Waals surface area contributed by atoms with Gasteiger partial charge < -0.3 is 13.3 Å². The molecule has 11 rings (SSSR count). The second-order valence-corrected chi connectivity index (χ2v) is 12.9. The fourth-order valence-corrected chi connectivity index (χ4v) is 7.80. The molecule has 51 heavy (non-hydrogen) atoms. The third-order valence-corrected chi connectivity index (χ3v) is 10.1. The predicted molar refractivity (Wildman–Crippen MR) is 206 cm³/mol. The van der Waals surface area contributed by atoms with Gasteiger partial charge in [-0.3, -0.25) is 0 Å². The van der Waals surface area contributed by atoms with Crippen LogP contribution in [0, 0.1) is 0 Å². The molecule has 3 heterocycles. The molecular formula is C46H26N2O3. The highest BCUT2D eigenvalue weighted by atomic mass is 16.4. The standard InChI is InChI=1S/C46H26N2O3/c1-3-13-29-27(11-1)31(35-17-9-19-37-33-15-5-7-21-41(33)49-43(35)37)23-25-39(29)45-47-48-46(51-45)40-26-24-32(28-12-2-4-14-30(28)40)36-18-10-20-38-34-16-6-8-22-42(34)50-44(36)38/h1-26H. The second-order valence-electron chi connectivity index (χ2n) is 12.9. The van der Waals surface area contributed by atoms with Gasteiger partial charge in [-0.25, -0.2) is 0 Å². The first-order valence-electron chi connectivity index (χ1n) is 17.0. The van der Waals surface area contributed by atoms with E-state index in [9.17, 15) is 0 Å². The molecule has 0 saturated heterocycles. The largest absolute Gasteiger partial charge is 0.455 e. The Balaban J connectivity index is 1.03. The van der Waals surface area contributed by atoms with E-state index >= 15 is 0 Å². The molecule has 5 nitrogen and oxygen atoms in total. The number of para-hydroxylation sites is 4. The Labute approximate surface area is 291 Å². The van der Waals surface area contributed by atoms with Crippen molar-refractivity contribution in [1.29, 1.82) is 0 Å². The normalized spacial score (nSPS) is 11.9. The Morgan fingerprint density at radius 3 is 1.06 bits per heavy atom. The highest BCUT2D eigenvalue weighted by Crippen LogP contribution is 2.43. The van der Waals surface area contributed by atoms with Crippen LogP contribution in [0.4, 0.5) is 0 Å². The lowest BCUT2D eigenvalue weighted by Crippen LogP contribution is -1.87. The maximum atomic E-state index is 6.52. The van der Waals surface area contributed by atoms with Crippen molar-refractivity contribution in [3.8, 4) is 45.2 Å². The molecule has 238 valence electrons. The molecule has 0 amide bonds. The topological polar surface area (TPSA) is 65.2 Å². The number of nitrogens with zero attached hydrogens (tertiary/aromatic N) is 2. The van der Waals surface area contributed by atoms with Gasteiger partial charge in [0.05, 0.1) is 0 Å². The van der Waals surface area contributed by atoms with Gasteiger partial charge in [0, 0.05) is 43.8 Å². The lowest BCUT2D eigenvalue weighted by atomic mass is 9.93. The molecule has 0 N–H and O–H groups in total. The minimum Gasteiger partial charge on any atom is -0.455 e. The molecule has 8 aromatic carbocycles. The zero-order valence-corrected chi connectivity index (χ0v) is 27.1. The van der Waals surface area contributed by atoms with E-state index in [0.717, 1.165) is 98.8 Å². The fraction of sp³-hybridized carbons (Fsp3) is 0. The van der Waals surface area contributed by atoms with E-state index in [1.54, 1.807) is 0 Å². The molecule has 0 atom stereocenters. The zero-order chi connectivity index (χ0) is 33.5. The lowest BCUT2D eigenvalue weighted by molar-refractivity contribution is 0.586. The van der Waals surface area contributed by atoms with Crippen LogP contribution in [0.3, 0.4) is 0 Å². The molecular weight excluding hydrogens is 629 g/mol. The summed E-state index contributed by atoms with van der Waals surface area (Å²) in [4.78, 5) is 0. The average Bonchev–Trinajstić information content (AvgIpc) is 3.93. The number of benzene rings is 8. The van der Waals surface area contributed by atoms with Crippen LogP contribution in [0.1, 0.15) is 0 Å². The first-order chi connectivity index (χ1) is 25.3. The van der Waals surface area contributed by atoms with E-state index in [1.807, 2.05) is 48.5 Å². The van der Waals surface area contributed by atoms with Gasteiger partial charge >= 0.3 is 0 Å². The summed E-state index contributed by atoms with van der Waals surface area (Å²) in [6.07, 6.45) is 0. The van der Waals surface area contributed by atoms with Gasteiger partial charge in [0.25, 0.3) is 0 Å². The number of rotatable bonds is 4. The first kappa shape index (κ1) is 27.9. The summed E-state index contributed by atoms with van der Waals surface area (Å²) < 4.78 is 19.4. The molecule has 0 bridgehead atoms. The zero-order valence-electron chi connectivity index (χ0n) is 27.1. The SMILES string of the molecule is c1ccc2c(c1)oc1c(-c3ccc(-c4nnc(-c5ccc(-c6cccc7c6oc6ccccc67)c6ccccc56)o4)c4ccccc34)cccc12. The van der Waals surface area contributed by atoms with E-state index < -0.39 is 0 Å². The molecule has 0 aliphatic carbocycles. The van der Waals surface area contributed by atoms with Crippen LogP contribution >= 0.6 is 0 Å². The number of hydrogen-bond donors (Lipinski definition) is 0. The van der Waals surface area contributed by atoms with Crippen LogP contribution in [0.2, 0.25) is 0 Å². The minimum absolute atomic E-state index is 0.467. The second kappa shape index (κ2) is 10.8. The maximum absolute atomic E-state index is 6.52. The van der Waals surface area contributed by atoms with E-state index in [2.05, 4.69) is 119 Å². The van der Waals surface area contributed by atoms with Crippen LogP contribution in [0.5, 0.6) is 0 Å². The summed E-state index contributed by atoms with van der Waals surface area (Å²) in [6, 6.07) is 54.2. The van der Waals surface area contributed by atoms with Crippen molar-refractivity contribution in [2.24, 2.45) is 0 Å². The van der Waals surface area contributed by atoms with Crippen molar-refractivity contribution in [2.45, 2.75) is 0 Å². The van der Waals surface area contributed by atoms with Crippen LogP contribution < -0.4 is 0 Å². The van der Waals surface area contributed by atoms with Crippen LogP contribution in [0.25, 0.3) is 111 Å². The third-order valence-electron chi connectivity index (χ3n) is 10.1. The Hall–Kier alpha value is -6.98. The lowest BCUT2D eigenvalue weighted by Gasteiger charge is -2.11. The summed E-state index contributed by atoms with van der Waals surface area (Å²) in [5.41, 5.74) is 9.53. The highest BCUT2D eigenvalue weighted by Gasteiger charge is 2.21. The molecule has 5 heteroatoms. The van der Waals surface area contributed by atoms with Gasteiger partial charge in [-0.05, 0) is 56.9 Å². The first-order valence-corrected chi connectivity index (χ1v) is 17.0. The molecule has 0 spiro atoms. The Bertz CT molecular complexity index is 2950. The quantitative estimate of drug-likeness (QED) is 0.189. The van der Waals surface area contributed by atoms with Crippen LogP contribution in [-0.4, -0.2) is 10.2 Å². The summed E-state index contributed by atoms with van der Waals surface area (Å²) >= 11 is 0. The maximum Gasteiger partial charge on any atom is 0.248 e. The average molecular weight is 655 g/mol. The van der Waals surface area contributed by atoms with Crippen LogP contribution in [-0.2, 0) is 0 Å². The van der Waals surface area contributed by atoms with Crippen molar-refractivity contribution >= 4 is 65.4 Å². The predicted octanol–water partition coefficient (Wildman–Crippen LogP) is 12.8. The van der Waals surface area contributed by atoms with E-state index in [4.69, 9.17) is 13.3 Å². The number of hydrogen-bond acceptors (Lipinski definition) is 5. The van der Waals surface area contributed by atoms with Crippen molar-refractivity contribution in [3.63, 3.8) is 0 Å². The number of furan rings is 2. The third kappa shape index (κ3) is 4.15. The number of fused-ring (bicyclic) bond motifs is 8. The minimum atomic E-state index is 0.467. The van der Waals surface area contributed by atoms with Crippen molar-refractivity contribution in [1.82, 2.24) is 10.2 Å². The highest BCUT2D eigenvalue weighted by molar-refractivity contribution is 6.15. The number of aromatic nitrogens is 2. The summed E-state index contributed by atoms with van der Waals surface area (Å²) in [5.74, 6) is 0.935. The molecule has 11 aromatic rings. The summed E-state index contributed by atoms with van der Waals surface area (Å²) in [5, 5.41) is 17.8. The smallest absolute Gasteiger partial charge is 0.248 e. The molecule has 3 aromatic heterocycles. The fourth-order valence-electron chi connectivity index (χ4n) is 7.80. The molecule has 0 unspecified atom stereocenters. The van der Waals surface area contributed by atoms with E-state index in [1.165, 1.54) is 0 Å². The van der Waals surface area contributed by atoms with Crippen LogP contribution in [0.15, 0.2) is 171 Å². The molecule has 0 fully saturated rings. The van der Waals surface area contributed by atoms with Gasteiger partial charge in [0.2, 0.25) is 11.8 Å². The van der Waals surface area contributed by atoms with Gasteiger partial charge in [0.15, 0.2) is 0 Å². The molecule has 0 radical (unpaired) electrons. The van der Waals surface area contributed by atoms with E-state index in [-0.39, 0.29) is 0 Å². The van der Waals surface area contributed by atoms with E-state index in [0.29, 0.717) is 11.8 Å². The van der Waals surface area contributed by atoms with Gasteiger partial charge in [0.1, 0.15) is 22.3 Å². The van der Waals surface area contributed by atoms with Gasteiger partial charge in [-0.1, -0.05) is 133 Å². The van der Waals surface area contributed by atoms with Crippen molar-refractivity contribution < 1.29 is 13.3 Å². The summed E-state index contributed by atoms with van der Waals surface area (Å²) in [7, 11) is 0. The van der Waals surface area contributed by atoms with Crippen molar-refractivity contribution in [2.75, 3.05) is 0 Å². The molecule has 0 saturated carbocycles.